The molecule has 0 saturated carbocycles. The lowest BCUT2D eigenvalue weighted by Crippen LogP contribution is -2.55. The molecule has 1 fully saturated rings. The van der Waals surface area contributed by atoms with Crippen LogP contribution in [0.15, 0.2) is 18.2 Å². The molecule has 4 nitrogen and oxygen atoms in total. The van der Waals surface area contributed by atoms with E-state index in [4.69, 9.17) is 5.73 Å². The molecule has 1 heterocycles. The van der Waals surface area contributed by atoms with Crippen LogP contribution in [-0.4, -0.2) is 31.1 Å². The van der Waals surface area contributed by atoms with Gasteiger partial charge in [-0.25, -0.2) is 4.39 Å². The predicted octanol–water partition coefficient (Wildman–Crippen LogP) is 1.11. The number of benzene rings is 1. The van der Waals surface area contributed by atoms with Gasteiger partial charge in [0.25, 0.3) is 5.91 Å². The Morgan fingerprint density at radius 1 is 1.50 bits per heavy atom. The first kappa shape index (κ1) is 12.8. The number of hydrogen-bond donors (Lipinski definition) is 2. The van der Waals surface area contributed by atoms with E-state index in [1.165, 1.54) is 6.07 Å². The second-order valence-electron chi connectivity index (χ2n) is 4.81. The second-order valence-corrected chi connectivity index (χ2v) is 4.81. The molecule has 0 bridgehead atoms. The fourth-order valence-electron chi connectivity index (χ4n) is 2.35. The Labute approximate surface area is 106 Å². The van der Waals surface area contributed by atoms with Crippen molar-refractivity contribution in [2.24, 2.45) is 5.73 Å². The van der Waals surface area contributed by atoms with Crippen molar-refractivity contribution in [3.63, 3.8) is 0 Å². The van der Waals surface area contributed by atoms with Crippen LogP contribution < -0.4 is 16.0 Å². The molecule has 1 aromatic rings. The van der Waals surface area contributed by atoms with E-state index in [2.05, 4.69) is 12.2 Å². The first-order valence-corrected chi connectivity index (χ1v) is 6.09. The van der Waals surface area contributed by atoms with Gasteiger partial charge < -0.3 is 16.0 Å². The summed E-state index contributed by atoms with van der Waals surface area (Å²) in [7, 11) is 0. The second kappa shape index (κ2) is 4.94. The molecule has 0 radical (unpaired) electrons. The average Bonchev–Trinajstić information content (AvgIpc) is 2.31. The van der Waals surface area contributed by atoms with Crippen molar-refractivity contribution < 1.29 is 9.18 Å². The van der Waals surface area contributed by atoms with E-state index >= 15 is 0 Å². The summed E-state index contributed by atoms with van der Waals surface area (Å²) in [6.45, 7) is 5.62. The Hall–Kier alpha value is -1.62. The molecule has 2 unspecified atom stereocenters. The fourth-order valence-corrected chi connectivity index (χ4v) is 2.35. The van der Waals surface area contributed by atoms with Gasteiger partial charge >= 0.3 is 0 Å². The highest BCUT2D eigenvalue weighted by atomic mass is 19.1. The molecule has 18 heavy (non-hydrogen) atoms. The molecule has 1 aromatic carbocycles. The van der Waals surface area contributed by atoms with E-state index in [-0.39, 0.29) is 11.6 Å². The third-order valence-corrected chi connectivity index (χ3v) is 3.31. The Kier molecular flexibility index (Phi) is 3.52. The molecular weight excluding hydrogens is 233 g/mol. The third-order valence-electron chi connectivity index (χ3n) is 3.31. The van der Waals surface area contributed by atoms with Crippen molar-refractivity contribution in [3.05, 3.63) is 29.6 Å². The number of amides is 1. The van der Waals surface area contributed by atoms with Gasteiger partial charge in [0.05, 0.1) is 11.3 Å². The van der Waals surface area contributed by atoms with Gasteiger partial charge in [-0.1, -0.05) is 6.07 Å². The maximum absolute atomic E-state index is 13.7. The van der Waals surface area contributed by atoms with Crippen LogP contribution in [0.1, 0.15) is 24.2 Å². The maximum atomic E-state index is 13.7. The Morgan fingerprint density at radius 3 is 2.89 bits per heavy atom. The summed E-state index contributed by atoms with van der Waals surface area (Å²) in [4.78, 5) is 13.4. The van der Waals surface area contributed by atoms with Crippen LogP contribution in [0.4, 0.5) is 10.1 Å². The molecule has 5 heteroatoms. The molecule has 0 aliphatic carbocycles. The number of anilines is 1. The van der Waals surface area contributed by atoms with E-state index in [1.807, 2.05) is 11.8 Å². The van der Waals surface area contributed by atoms with E-state index in [0.717, 1.165) is 13.1 Å². The normalized spacial score (nSPS) is 24.1. The van der Waals surface area contributed by atoms with Crippen LogP contribution in [0.5, 0.6) is 0 Å². The van der Waals surface area contributed by atoms with Gasteiger partial charge in [-0.05, 0) is 26.0 Å². The summed E-state index contributed by atoms with van der Waals surface area (Å²) in [6, 6.07) is 5.11. The van der Waals surface area contributed by atoms with Gasteiger partial charge in [0, 0.05) is 25.2 Å². The van der Waals surface area contributed by atoms with E-state index in [0.29, 0.717) is 11.7 Å². The fraction of sp³-hybridized carbons (Fsp3) is 0.462. The SMILES string of the molecule is CC1CN(c2cccc(F)c2C(N)=O)C(C)CN1. The summed E-state index contributed by atoms with van der Waals surface area (Å²) in [6.07, 6.45) is 0. The molecule has 0 aromatic heterocycles. The number of halogens is 1. The van der Waals surface area contributed by atoms with Gasteiger partial charge in [0.2, 0.25) is 0 Å². The largest absolute Gasteiger partial charge is 0.365 e. The minimum atomic E-state index is -0.721. The van der Waals surface area contributed by atoms with Crippen molar-refractivity contribution in [1.82, 2.24) is 5.32 Å². The molecule has 98 valence electrons. The minimum Gasteiger partial charge on any atom is -0.365 e. The van der Waals surface area contributed by atoms with Crippen LogP contribution in [0.25, 0.3) is 0 Å². The standard InChI is InChI=1S/C13H18FN3O/c1-8-7-17(9(2)6-16-8)11-5-3-4-10(14)12(11)13(15)18/h3-5,8-9,16H,6-7H2,1-2H3,(H2,15,18). The molecule has 1 aliphatic heterocycles. The van der Waals surface area contributed by atoms with E-state index in [9.17, 15) is 9.18 Å². The number of nitrogens with zero attached hydrogens (tertiary/aromatic N) is 1. The molecular formula is C13H18FN3O. The highest BCUT2D eigenvalue weighted by Crippen LogP contribution is 2.26. The highest BCUT2D eigenvalue weighted by molar-refractivity contribution is 5.99. The monoisotopic (exact) mass is 251 g/mol. The predicted molar refractivity (Wildman–Crippen MR) is 69.2 cm³/mol. The first-order valence-electron chi connectivity index (χ1n) is 6.09. The van der Waals surface area contributed by atoms with Crippen molar-refractivity contribution >= 4 is 11.6 Å². The molecule has 3 N–H and O–H groups in total. The van der Waals surface area contributed by atoms with Crippen LogP contribution in [0.2, 0.25) is 0 Å². The lowest BCUT2D eigenvalue weighted by atomic mass is 10.1. The molecule has 2 atom stereocenters. The van der Waals surface area contributed by atoms with Gasteiger partial charge in [0.15, 0.2) is 0 Å². The quantitative estimate of drug-likeness (QED) is 0.828. The zero-order valence-electron chi connectivity index (χ0n) is 10.6. The summed E-state index contributed by atoms with van der Waals surface area (Å²) in [5.41, 5.74) is 5.85. The minimum absolute atomic E-state index is 0.0153. The first-order chi connectivity index (χ1) is 8.50. The van der Waals surface area contributed by atoms with Gasteiger partial charge in [-0.15, -0.1) is 0 Å². The number of nitrogens with two attached hydrogens (primary N) is 1. The lowest BCUT2D eigenvalue weighted by molar-refractivity contribution is 0.0997. The third kappa shape index (κ3) is 2.31. The van der Waals surface area contributed by atoms with Crippen LogP contribution in [0, 0.1) is 5.82 Å². The Bertz CT molecular complexity index is 464. The number of piperazine rings is 1. The maximum Gasteiger partial charge on any atom is 0.253 e. The van der Waals surface area contributed by atoms with Crippen molar-refractivity contribution in [1.29, 1.82) is 0 Å². The lowest BCUT2D eigenvalue weighted by Gasteiger charge is -2.40. The van der Waals surface area contributed by atoms with Gasteiger partial charge in [0.1, 0.15) is 5.82 Å². The van der Waals surface area contributed by atoms with Crippen molar-refractivity contribution in [3.8, 4) is 0 Å². The number of nitrogens with one attached hydrogen (secondary N) is 1. The highest BCUT2D eigenvalue weighted by Gasteiger charge is 2.26. The number of rotatable bonds is 2. The summed E-state index contributed by atoms with van der Waals surface area (Å²) in [5, 5.41) is 3.34. The zero-order chi connectivity index (χ0) is 13.3. The summed E-state index contributed by atoms with van der Waals surface area (Å²) in [5.74, 6) is -1.28. The molecule has 1 saturated heterocycles. The van der Waals surface area contributed by atoms with Gasteiger partial charge in [-0.2, -0.15) is 0 Å². The topological polar surface area (TPSA) is 58.4 Å². The van der Waals surface area contributed by atoms with Crippen LogP contribution >= 0.6 is 0 Å². The van der Waals surface area contributed by atoms with E-state index < -0.39 is 11.7 Å². The van der Waals surface area contributed by atoms with Crippen molar-refractivity contribution in [2.75, 3.05) is 18.0 Å². The number of primary amides is 1. The molecule has 0 spiro atoms. The van der Waals surface area contributed by atoms with Crippen LogP contribution in [0.3, 0.4) is 0 Å². The molecule has 1 aliphatic rings. The molecule has 1 amide bonds. The zero-order valence-corrected chi connectivity index (χ0v) is 10.6. The summed E-state index contributed by atoms with van der Waals surface area (Å²) >= 11 is 0. The van der Waals surface area contributed by atoms with Gasteiger partial charge in [-0.3, -0.25) is 4.79 Å². The summed E-state index contributed by atoms with van der Waals surface area (Å²) < 4.78 is 13.7. The number of carbonyl (C=O) groups is 1. The Balaban J connectivity index is 2.43. The number of carbonyl (C=O) groups excluding carboxylic acids is 1. The Morgan fingerprint density at radius 2 is 2.22 bits per heavy atom. The smallest absolute Gasteiger partial charge is 0.253 e. The molecule has 2 rings (SSSR count). The average molecular weight is 251 g/mol. The van der Waals surface area contributed by atoms with Crippen LogP contribution in [-0.2, 0) is 0 Å². The van der Waals surface area contributed by atoms with Crippen molar-refractivity contribution in [2.45, 2.75) is 25.9 Å². The number of hydrogen-bond acceptors (Lipinski definition) is 3. The van der Waals surface area contributed by atoms with E-state index in [1.54, 1.807) is 12.1 Å².